The average molecular weight is 575 g/mol. The molecule has 4 N–H and O–H groups in total. The molecule has 3 atom stereocenters. The van der Waals surface area contributed by atoms with E-state index in [-0.39, 0.29) is 19.4 Å². The molecule has 2 amide bonds. The van der Waals surface area contributed by atoms with E-state index in [0.29, 0.717) is 28.1 Å². The number of aliphatic hydroxyl groups excluding tert-OH is 2. The largest absolute Gasteiger partial charge is 0.481 e. The zero-order chi connectivity index (χ0) is 30.4. The number of carboxylic acids is 1. The summed E-state index contributed by atoms with van der Waals surface area (Å²) in [5.74, 6) is -3.19. The van der Waals surface area contributed by atoms with Crippen LogP contribution in [0.25, 0.3) is 11.3 Å². The van der Waals surface area contributed by atoms with Crippen LogP contribution in [0.3, 0.4) is 0 Å². The third-order valence-electron chi connectivity index (χ3n) is 7.56. The fourth-order valence-electron chi connectivity index (χ4n) is 5.59. The Morgan fingerprint density at radius 1 is 0.881 bits per heavy atom. The number of hydrogen-bond acceptors (Lipinski definition) is 5. The van der Waals surface area contributed by atoms with Gasteiger partial charge in [-0.3, -0.25) is 14.4 Å². The van der Waals surface area contributed by atoms with Crippen molar-refractivity contribution in [2.75, 3.05) is 11.9 Å². The number of amides is 2. The molecule has 3 unspecified atom stereocenters. The van der Waals surface area contributed by atoms with E-state index in [1.165, 1.54) is 17.0 Å². The lowest BCUT2D eigenvalue weighted by atomic mass is 9.68. The molecule has 42 heavy (non-hydrogen) atoms. The van der Waals surface area contributed by atoms with Crippen LogP contribution in [0.5, 0.6) is 0 Å². The molecule has 0 radical (unpaired) electrons. The van der Waals surface area contributed by atoms with Crippen molar-refractivity contribution in [3.05, 3.63) is 102 Å². The average Bonchev–Trinajstić information content (AvgIpc) is 3.22. The van der Waals surface area contributed by atoms with Crippen LogP contribution in [-0.4, -0.2) is 56.8 Å². The van der Waals surface area contributed by atoms with E-state index >= 15 is 0 Å². The summed E-state index contributed by atoms with van der Waals surface area (Å²) in [6.45, 7) is 3.57. The molecule has 220 valence electrons. The Morgan fingerprint density at radius 3 is 2.05 bits per heavy atom. The van der Waals surface area contributed by atoms with Crippen LogP contribution >= 0.6 is 0 Å². The maximum Gasteiger partial charge on any atom is 0.305 e. The fourth-order valence-corrected chi connectivity index (χ4v) is 5.59. The Kier molecular flexibility index (Phi) is 9.55. The van der Waals surface area contributed by atoms with Gasteiger partial charge in [0.2, 0.25) is 11.8 Å². The molecule has 0 bridgehead atoms. The SMILES string of the molecule is CC(C)C1(C(=O)Nc2ccccc2)C(=O)N(CCC(O)CC(O)CC(=O)O)C(c2ccc(F)cc2)=C1c1ccccc1. The number of para-hydroxylation sites is 1. The lowest BCUT2D eigenvalue weighted by Crippen LogP contribution is -2.49. The number of aliphatic hydroxyl groups is 2. The number of carbonyl (C=O) groups excluding carboxylic acids is 2. The van der Waals surface area contributed by atoms with Crippen molar-refractivity contribution >= 4 is 34.7 Å². The predicted molar refractivity (Wildman–Crippen MR) is 157 cm³/mol. The first kappa shape index (κ1) is 30.6. The molecular weight excluding hydrogens is 539 g/mol. The van der Waals surface area contributed by atoms with Crippen molar-refractivity contribution < 1.29 is 34.1 Å². The molecular formula is C33H35FN2O6. The van der Waals surface area contributed by atoms with Crippen LogP contribution in [0, 0.1) is 17.2 Å². The van der Waals surface area contributed by atoms with E-state index < -0.39 is 53.6 Å². The van der Waals surface area contributed by atoms with Crippen LogP contribution < -0.4 is 5.32 Å². The molecule has 0 aliphatic carbocycles. The van der Waals surface area contributed by atoms with Gasteiger partial charge in [0.15, 0.2) is 5.41 Å². The molecule has 3 aromatic carbocycles. The molecule has 9 heteroatoms. The Balaban J connectivity index is 1.87. The van der Waals surface area contributed by atoms with Gasteiger partial charge >= 0.3 is 5.97 Å². The molecule has 0 saturated heterocycles. The monoisotopic (exact) mass is 574 g/mol. The quantitative estimate of drug-likeness (QED) is 0.230. The minimum atomic E-state index is -1.69. The molecule has 0 saturated carbocycles. The van der Waals surface area contributed by atoms with Gasteiger partial charge in [0, 0.05) is 17.8 Å². The van der Waals surface area contributed by atoms with E-state index in [9.17, 15) is 29.0 Å². The van der Waals surface area contributed by atoms with E-state index in [0.717, 1.165) is 0 Å². The minimum absolute atomic E-state index is 0.00363. The van der Waals surface area contributed by atoms with Crippen molar-refractivity contribution in [1.82, 2.24) is 4.90 Å². The van der Waals surface area contributed by atoms with Crippen LogP contribution in [0.2, 0.25) is 0 Å². The summed E-state index contributed by atoms with van der Waals surface area (Å²) in [7, 11) is 0. The highest BCUT2D eigenvalue weighted by Gasteiger charge is 2.60. The smallest absolute Gasteiger partial charge is 0.305 e. The van der Waals surface area contributed by atoms with Gasteiger partial charge in [0.05, 0.1) is 24.3 Å². The van der Waals surface area contributed by atoms with Crippen molar-refractivity contribution in [1.29, 1.82) is 0 Å². The number of benzene rings is 3. The van der Waals surface area contributed by atoms with E-state index in [4.69, 9.17) is 5.11 Å². The summed E-state index contributed by atoms with van der Waals surface area (Å²) in [6, 6.07) is 23.6. The summed E-state index contributed by atoms with van der Waals surface area (Å²) in [5.41, 5.74) is 0.868. The van der Waals surface area contributed by atoms with Crippen molar-refractivity contribution in [2.24, 2.45) is 11.3 Å². The highest BCUT2D eigenvalue weighted by molar-refractivity contribution is 6.28. The molecule has 0 aromatic heterocycles. The molecule has 1 aliphatic rings. The molecule has 0 spiro atoms. The highest BCUT2D eigenvalue weighted by Crippen LogP contribution is 2.54. The summed E-state index contributed by atoms with van der Waals surface area (Å²) >= 11 is 0. The number of carboxylic acid groups (broad SMARTS) is 1. The van der Waals surface area contributed by atoms with E-state index in [1.807, 2.05) is 36.4 Å². The maximum atomic E-state index is 14.7. The number of nitrogens with one attached hydrogen (secondary N) is 1. The van der Waals surface area contributed by atoms with Gasteiger partial charge < -0.3 is 25.5 Å². The van der Waals surface area contributed by atoms with E-state index in [2.05, 4.69) is 5.32 Å². The maximum absolute atomic E-state index is 14.7. The summed E-state index contributed by atoms with van der Waals surface area (Å²) in [5, 5.41) is 32.6. The van der Waals surface area contributed by atoms with Gasteiger partial charge in [0.25, 0.3) is 0 Å². The highest BCUT2D eigenvalue weighted by atomic mass is 19.1. The summed E-state index contributed by atoms with van der Waals surface area (Å²) in [4.78, 5) is 41.4. The van der Waals surface area contributed by atoms with Crippen molar-refractivity contribution in [3.8, 4) is 0 Å². The number of hydrogen-bond donors (Lipinski definition) is 4. The molecule has 3 aromatic rings. The number of aliphatic carboxylic acids is 1. The van der Waals surface area contributed by atoms with Gasteiger partial charge in [-0.1, -0.05) is 62.4 Å². The molecule has 4 rings (SSSR count). The topological polar surface area (TPSA) is 127 Å². The Morgan fingerprint density at radius 2 is 1.48 bits per heavy atom. The predicted octanol–water partition coefficient (Wildman–Crippen LogP) is 4.79. The standard InChI is InChI=1S/C33H35FN2O6/c1-21(2)33(31(41)35-25-11-7-4-8-12-25)29(22-9-5-3-6-10-22)30(23-13-15-24(34)16-14-23)36(32(33)42)18-17-26(37)19-27(38)20-28(39)40/h3-16,21,26-27,37-38H,17-20H2,1-2H3,(H,35,41)(H,39,40). The van der Waals surface area contributed by atoms with Crippen molar-refractivity contribution in [2.45, 2.75) is 45.3 Å². The van der Waals surface area contributed by atoms with Gasteiger partial charge in [-0.15, -0.1) is 0 Å². The number of carbonyl (C=O) groups is 3. The summed E-state index contributed by atoms with van der Waals surface area (Å²) < 4.78 is 14.0. The second-order valence-corrected chi connectivity index (χ2v) is 10.8. The summed E-state index contributed by atoms with van der Waals surface area (Å²) in [6.07, 6.45) is -3.09. The first-order valence-corrected chi connectivity index (χ1v) is 13.9. The molecule has 1 aliphatic heterocycles. The number of halogens is 1. The van der Waals surface area contributed by atoms with Crippen LogP contribution in [-0.2, 0) is 14.4 Å². The van der Waals surface area contributed by atoms with E-state index in [1.54, 1.807) is 50.2 Å². The Hall–Kier alpha value is -4.34. The molecule has 1 heterocycles. The molecule has 8 nitrogen and oxygen atoms in total. The van der Waals surface area contributed by atoms with Crippen LogP contribution in [0.1, 0.15) is 44.2 Å². The number of nitrogens with zero attached hydrogens (tertiary/aromatic N) is 1. The number of anilines is 1. The Bertz CT molecular complexity index is 1440. The lowest BCUT2D eigenvalue weighted by molar-refractivity contribution is -0.143. The van der Waals surface area contributed by atoms with Gasteiger partial charge in [-0.25, -0.2) is 4.39 Å². The lowest BCUT2D eigenvalue weighted by Gasteiger charge is -2.34. The minimum Gasteiger partial charge on any atom is -0.481 e. The zero-order valence-corrected chi connectivity index (χ0v) is 23.5. The second-order valence-electron chi connectivity index (χ2n) is 10.8. The van der Waals surface area contributed by atoms with Gasteiger partial charge in [-0.05, 0) is 66.3 Å². The third-order valence-corrected chi connectivity index (χ3v) is 7.56. The van der Waals surface area contributed by atoms with Crippen LogP contribution in [0.15, 0.2) is 84.9 Å². The van der Waals surface area contributed by atoms with Crippen LogP contribution in [0.4, 0.5) is 10.1 Å². The first-order chi connectivity index (χ1) is 20.0. The number of rotatable bonds is 12. The third kappa shape index (κ3) is 6.27. The molecule has 0 fully saturated rings. The zero-order valence-electron chi connectivity index (χ0n) is 23.5. The van der Waals surface area contributed by atoms with Crippen molar-refractivity contribution in [3.63, 3.8) is 0 Å². The normalized spacial score (nSPS) is 18.3. The fraction of sp³-hybridized carbons (Fsp3) is 0.303. The Labute approximate surface area is 244 Å². The first-order valence-electron chi connectivity index (χ1n) is 13.9. The second kappa shape index (κ2) is 13.1. The van der Waals surface area contributed by atoms with Gasteiger partial charge in [0.1, 0.15) is 5.82 Å². The van der Waals surface area contributed by atoms with Gasteiger partial charge in [-0.2, -0.15) is 0 Å².